The highest BCUT2D eigenvalue weighted by molar-refractivity contribution is 7.94. The van der Waals surface area contributed by atoms with Crippen LogP contribution in [0.4, 0.5) is 0 Å². The minimum Gasteiger partial charge on any atom is -0.383 e. The lowest BCUT2D eigenvalue weighted by Gasteiger charge is -2.43. The van der Waals surface area contributed by atoms with Crippen molar-refractivity contribution in [2.24, 2.45) is 0 Å². The number of methoxy groups -OCH3 is 1. The van der Waals surface area contributed by atoms with E-state index in [0.717, 1.165) is 4.31 Å². The summed E-state index contributed by atoms with van der Waals surface area (Å²) < 4.78 is 27.8. The van der Waals surface area contributed by atoms with Gasteiger partial charge in [-0.3, -0.25) is 4.79 Å². The van der Waals surface area contributed by atoms with Crippen molar-refractivity contribution in [3.05, 3.63) is 0 Å². The zero-order valence-electron chi connectivity index (χ0n) is 9.82. The summed E-state index contributed by atoms with van der Waals surface area (Å²) in [6.07, 6.45) is 0. The second-order valence-electron chi connectivity index (χ2n) is 4.14. The van der Waals surface area contributed by atoms with Crippen LogP contribution in [0.5, 0.6) is 0 Å². The molecule has 0 aromatic carbocycles. The van der Waals surface area contributed by atoms with Crippen LogP contribution >= 0.6 is 0 Å². The number of ether oxygens (including phenoxy) is 1. The molecule has 1 rings (SSSR count). The van der Waals surface area contributed by atoms with Crippen molar-refractivity contribution in [2.75, 3.05) is 33.4 Å². The van der Waals surface area contributed by atoms with E-state index in [1.807, 2.05) is 0 Å². The predicted molar refractivity (Wildman–Crippen MR) is 59.5 cm³/mol. The van der Waals surface area contributed by atoms with Crippen molar-refractivity contribution in [2.45, 2.75) is 18.6 Å². The van der Waals surface area contributed by atoms with Gasteiger partial charge in [-0.15, -0.1) is 0 Å². The molecule has 1 N–H and O–H groups in total. The van der Waals surface area contributed by atoms with E-state index < -0.39 is 14.8 Å². The maximum atomic E-state index is 11.7. The molecule has 94 valence electrons. The molecule has 1 fully saturated rings. The van der Waals surface area contributed by atoms with Gasteiger partial charge in [0.2, 0.25) is 0 Å². The number of nitrogens with zero attached hydrogens (tertiary/aromatic N) is 1. The Morgan fingerprint density at radius 1 is 1.38 bits per heavy atom. The van der Waals surface area contributed by atoms with Crippen LogP contribution < -0.4 is 5.32 Å². The van der Waals surface area contributed by atoms with Gasteiger partial charge in [0, 0.05) is 26.7 Å². The lowest BCUT2D eigenvalue weighted by atomic mass is 10.2. The number of carbonyl (C=O) groups excluding carboxylic acids is 1. The first-order valence-corrected chi connectivity index (χ1v) is 6.56. The van der Waals surface area contributed by atoms with Crippen LogP contribution in [0.25, 0.3) is 0 Å². The summed E-state index contributed by atoms with van der Waals surface area (Å²) in [6.45, 7) is 4.70. The van der Waals surface area contributed by atoms with Crippen LogP contribution in [0.3, 0.4) is 0 Å². The highest BCUT2D eigenvalue weighted by Gasteiger charge is 2.59. The van der Waals surface area contributed by atoms with Gasteiger partial charge in [-0.2, -0.15) is 0 Å². The minimum absolute atomic E-state index is 0.189. The van der Waals surface area contributed by atoms with Crippen molar-refractivity contribution in [3.63, 3.8) is 0 Å². The molecule has 0 bridgehead atoms. The number of sulfonamides is 1. The zero-order chi connectivity index (χ0) is 12.4. The number of hydrogen-bond acceptors (Lipinski definition) is 5. The zero-order valence-corrected chi connectivity index (χ0v) is 10.6. The van der Waals surface area contributed by atoms with Crippen LogP contribution in [0.2, 0.25) is 0 Å². The van der Waals surface area contributed by atoms with Crippen LogP contribution in [0, 0.1) is 0 Å². The summed E-state index contributed by atoms with van der Waals surface area (Å²) in [4.78, 5) is 11.5. The van der Waals surface area contributed by atoms with Gasteiger partial charge in [0.1, 0.15) is 0 Å². The van der Waals surface area contributed by atoms with E-state index in [2.05, 4.69) is 5.32 Å². The van der Waals surface area contributed by atoms with Gasteiger partial charge in [0.05, 0.1) is 6.61 Å². The van der Waals surface area contributed by atoms with E-state index in [1.165, 1.54) is 13.8 Å². The summed E-state index contributed by atoms with van der Waals surface area (Å²) >= 11 is 0. The third-order valence-corrected chi connectivity index (χ3v) is 5.04. The minimum atomic E-state index is -3.43. The number of hydrogen-bond donors (Lipinski definition) is 1. The van der Waals surface area contributed by atoms with Crippen molar-refractivity contribution in [1.82, 2.24) is 9.62 Å². The Morgan fingerprint density at radius 2 is 2.00 bits per heavy atom. The van der Waals surface area contributed by atoms with Crippen LogP contribution in [0.1, 0.15) is 13.8 Å². The van der Waals surface area contributed by atoms with Gasteiger partial charge >= 0.3 is 0 Å². The first-order chi connectivity index (χ1) is 7.35. The number of amides is 1. The van der Waals surface area contributed by atoms with Gasteiger partial charge < -0.3 is 10.1 Å². The Morgan fingerprint density at radius 3 is 2.50 bits per heavy atom. The second kappa shape index (κ2) is 4.68. The number of nitrogens with one attached hydrogen (secondary N) is 1. The van der Waals surface area contributed by atoms with Crippen LogP contribution in [0.15, 0.2) is 0 Å². The van der Waals surface area contributed by atoms with Crippen LogP contribution in [-0.2, 0) is 19.6 Å². The summed E-state index contributed by atoms with van der Waals surface area (Å²) in [6, 6.07) is 0. The average Bonchev–Trinajstić information content (AvgIpc) is 2.22. The average molecular weight is 250 g/mol. The first kappa shape index (κ1) is 13.4. The Labute approximate surface area is 96.0 Å². The van der Waals surface area contributed by atoms with E-state index in [1.54, 1.807) is 7.11 Å². The van der Waals surface area contributed by atoms with Gasteiger partial charge in [0.15, 0.2) is 4.75 Å². The summed E-state index contributed by atoms with van der Waals surface area (Å²) in [5.41, 5.74) is 0. The van der Waals surface area contributed by atoms with Crippen LogP contribution in [-0.4, -0.2) is 56.7 Å². The van der Waals surface area contributed by atoms with Crippen molar-refractivity contribution in [3.8, 4) is 0 Å². The molecule has 0 aromatic rings. The summed E-state index contributed by atoms with van der Waals surface area (Å²) in [5, 5.41) is 2.99. The van der Waals surface area contributed by atoms with E-state index >= 15 is 0 Å². The topological polar surface area (TPSA) is 75.7 Å². The van der Waals surface area contributed by atoms with E-state index in [-0.39, 0.29) is 12.5 Å². The molecule has 0 saturated carbocycles. The lowest BCUT2D eigenvalue weighted by Crippen LogP contribution is -2.68. The highest BCUT2D eigenvalue weighted by atomic mass is 32.2. The fraction of sp³-hybridized carbons (Fsp3) is 0.889. The van der Waals surface area contributed by atoms with Gasteiger partial charge in [-0.1, -0.05) is 0 Å². The monoisotopic (exact) mass is 250 g/mol. The van der Waals surface area contributed by atoms with Crippen molar-refractivity contribution in [1.29, 1.82) is 0 Å². The lowest BCUT2D eigenvalue weighted by molar-refractivity contribution is -0.132. The van der Waals surface area contributed by atoms with E-state index in [9.17, 15) is 13.2 Å². The maximum absolute atomic E-state index is 11.7. The molecule has 0 aliphatic carbocycles. The molecule has 0 aromatic heterocycles. The fourth-order valence-corrected chi connectivity index (χ4v) is 2.99. The molecule has 0 spiro atoms. The third-order valence-electron chi connectivity index (χ3n) is 2.65. The summed E-state index contributed by atoms with van der Waals surface area (Å²) in [7, 11) is -1.84. The molecule has 1 saturated heterocycles. The van der Waals surface area contributed by atoms with Gasteiger partial charge in [0.25, 0.3) is 15.9 Å². The predicted octanol–water partition coefficient (Wildman–Crippen LogP) is -0.827. The van der Waals surface area contributed by atoms with E-state index in [4.69, 9.17) is 4.74 Å². The Hall–Kier alpha value is -0.660. The molecular weight excluding hydrogens is 232 g/mol. The molecule has 1 amide bonds. The maximum Gasteiger partial charge on any atom is 0.258 e. The van der Waals surface area contributed by atoms with E-state index in [0.29, 0.717) is 19.7 Å². The largest absolute Gasteiger partial charge is 0.383 e. The Kier molecular flexibility index (Phi) is 3.92. The first-order valence-electron chi connectivity index (χ1n) is 5.12. The molecule has 0 atom stereocenters. The molecule has 6 nitrogen and oxygen atoms in total. The van der Waals surface area contributed by atoms with Crippen molar-refractivity contribution >= 4 is 15.9 Å². The van der Waals surface area contributed by atoms with Gasteiger partial charge in [-0.25, -0.2) is 12.7 Å². The number of carbonyl (C=O) groups is 1. The molecule has 1 aliphatic heterocycles. The SMILES string of the molecule is COCCNCCN1C(=O)C(C)(C)S1(=O)=O. The molecule has 1 heterocycles. The third kappa shape index (κ3) is 2.07. The van der Waals surface area contributed by atoms with Gasteiger partial charge in [-0.05, 0) is 13.8 Å². The molecular formula is C9H18N2O4S. The summed E-state index contributed by atoms with van der Waals surface area (Å²) in [5.74, 6) is -0.332. The quantitative estimate of drug-likeness (QED) is 0.623. The Bertz CT molecular complexity index is 364. The standard InChI is InChI=1S/C9H18N2O4S/c1-9(2)8(12)11(16(9,13)14)6-4-10-5-7-15-3/h10H,4-7H2,1-3H3. The second-order valence-corrected chi connectivity index (χ2v) is 6.55. The molecule has 16 heavy (non-hydrogen) atoms. The Balaban J connectivity index is 2.38. The number of rotatable bonds is 6. The normalized spacial score (nSPS) is 21.9. The smallest absolute Gasteiger partial charge is 0.258 e. The molecule has 0 unspecified atom stereocenters. The molecule has 7 heteroatoms. The fourth-order valence-electron chi connectivity index (χ4n) is 1.46. The highest BCUT2D eigenvalue weighted by Crippen LogP contribution is 2.34. The van der Waals surface area contributed by atoms with Crippen molar-refractivity contribution < 1.29 is 17.9 Å². The molecule has 1 aliphatic rings. The molecule has 0 radical (unpaired) electrons.